The second-order valence-corrected chi connectivity index (χ2v) is 9.63. The van der Waals surface area contributed by atoms with Crippen LogP contribution in [0.4, 0.5) is 0 Å². The van der Waals surface area contributed by atoms with Crippen molar-refractivity contribution < 1.29 is 13.2 Å². The van der Waals surface area contributed by atoms with E-state index in [1.165, 1.54) is 17.5 Å². The fourth-order valence-electron chi connectivity index (χ4n) is 3.77. The van der Waals surface area contributed by atoms with Gasteiger partial charge in [0.05, 0.1) is 11.4 Å². The summed E-state index contributed by atoms with van der Waals surface area (Å²) in [7, 11) is -3.46. The fraction of sp³-hybridized carbons (Fsp3) is 0.650. The lowest BCUT2D eigenvalue weighted by molar-refractivity contribution is -0.123. The van der Waals surface area contributed by atoms with Crippen LogP contribution in [0.15, 0.2) is 23.1 Å². The van der Waals surface area contributed by atoms with Crippen LogP contribution in [-0.2, 0) is 27.7 Å². The smallest absolute Gasteiger partial charge is 0.243 e. The van der Waals surface area contributed by atoms with Gasteiger partial charge in [0, 0.05) is 32.2 Å². The molecule has 3 rings (SSSR count). The Hall–Kier alpha value is -1.44. The van der Waals surface area contributed by atoms with E-state index < -0.39 is 10.0 Å². The number of aryl methyl sites for hydroxylation is 2. The number of rotatable bonds is 6. The normalized spacial score (nSPS) is 20.1. The van der Waals surface area contributed by atoms with E-state index in [1.807, 2.05) is 30.9 Å². The Labute approximate surface area is 163 Å². The highest BCUT2D eigenvalue weighted by molar-refractivity contribution is 7.89. The van der Waals surface area contributed by atoms with Gasteiger partial charge < -0.3 is 5.32 Å². The molecule has 0 saturated carbocycles. The van der Waals surface area contributed by atoms with Gasteiger partial charge in [-0.15, -0.1) is 0 Å². The second kappa shape index (κ2) is 8.71. The van der Waals surface area contributed by atoms with Crippen molar-refractivity contribution in [2.24, 2.45) is 0 Å². The maximum absolute atomic E-state index is 13.0. The minimum absolute atomic E-state index is 0.00958. The second-order valence-electron chi connectivity index (χ2n) is 7.69. The number of carbonyl (C=O) groups excluding carboxylic acids is 1. The molecule has 1 fully saturated rings. The van der Waals surface area contributed by atoms with Gasteiger partial charge in [0.1, 0.15) is 0 Å². The van der Waals surface area contributed by atoms with Crippen LogP contribution in [-0.4, -0.2) is 62.3 Å². The number of carbonyl (C=O) groups is 1. The van der Waals surface area contributed by atoms with Gasteiger partial charge in [0.2, 0.25) is 15.9 Å². The van der Waals surface area contributed by atoms with Crippen molar-refractivity contribution in [1.82, 2.24) is 14.5 Å². The van der Waals surface area contributed by atoms with Gasteiger partial charge in [0.25, 0.3) is 0 Å². The molecule has 1 atom stereocenters. The maximum Gasteiger partial charge on any atom is 0.243 e. The molecule has 1 aromatic carbocycles. The number of hydrogen-bond donors (Lipinski definition) is 1. The summed E-state index contributed by atoms with van der Waals surface area (Å²) in [5.74, 6) is 0.00958. The summed E-state index contributed by atoms with van der Waals surface area (Å²) in [6, 6.07) is 5.78. The van der Waals surface area contributed by atoms with E-state index in [9.17, 15) is 13.2 Å². The van der Waals surface area contributed by atoms with Gasteiger partial charge in [0.15, 0.2) is 0 Å². The average molecular weight is 394 g/mol. The molecule has 1 aliphatic heterocycles. The zero-order chi connectivity index (χ0) is 19.4. The predicted octanol–water partition coefficient (Wildman–Crippen LogP) is 1.79. The largest absolute Gasteiger partial charge is 0.353 e. The van der Waals surface area contributed by atoms with E-state index >= 15 is 0 Å². The standard InChI is InChI=1S/C20H31N3O3S/c1-3-16(2)21-20(24)15-22-10-12-23(13-11-22)27(25,26)19-9-8-17-6-4-5-7-18(17)14-19/h8-9,14,16H,3-7,10-13,15H2,1-2H3,(H,21,24)/t16-/m1/s1. The van der Waals surface area contributed by atoms with E-state index in [0.717, 1.165) is 25.7 Å². The molecule has 1 saturated heterocycles. The first-order valence-electron chi connectivity index (χ1n) is 10.0. The fourth-order valence-corrected chi connectivity index (χ4v) is 5.25. The number of nitrogens with one attached hydrogen (secondary N) is 1. The molecule has 1 amide bonds. The average Bonchev–Trinajstić information content (AvgIpc) is 2.67. The van der Waals surface area contributed by atoms with E-state index in [0.29, 0.717) is 37.6 Å². The van der Waals surface area contributed by atoms with Crippen LogP contribution in [0.1, 0.15) is 44.2 Å². The molecule has 27 heavy (non-hydrogen) atoms. The lowest BCUT2D eigenvalue weighted by Gasteiger charge is -2.34. The summed E-state index contributed by atoms with van der Waals surface area (Å²) in [4.78, 5) is 14.5. The molecule has 0 aromatic heterocycles. The van der Waals surface area contributed by atoms with Gasteiger partial charge in [-0.1, -0.05) is 13.0 Å². The maximum atomic E-state index is 13.0. The van der Waals surface area contributed by atoms with Crippen molar-refractivity contribution in [2.75, 3.05) is 32.7 Å². The number of fused-ring (bicyclic) bond motifs is 1. The first-order chi connectivity index (χ1) is 12.9. The molecule has 150 valence electrons. The molecular formula is C20H31N3O3S. The molecule has 0 spiro atoms. The molecule has 0 radical (unpaired) electrons. The van der Waals surface area contributed by atoms with E-state index in [4.69, 9.17) is 0 Å². The Morgan fingerprint density at radius 1 is 1.11 bits per heavy atom. The van der Waals surface area contributed by atoms with E-state index in [2.05, 4.69) is 5.32 Å². The highest BCUT2D eigenvalue weighted by Crippen LogP contribution is 2.26. The van der Waals surface area contributed by atoms with Crippen molar-refractivity contribution in [3.63, 3.8) is 0 Å². The first-order valence-corrected chi connectivity index (χ1v) is 11.5. The Morgan fingerprint density at radius 3 is 2.44 bits per heavy atom. The van der Waals surface area contributed by atoms with Crippen molar-refractivity contribution in [3.05, 3.63) is 29.3 Å². The third-order valence-electron chi connectivity index (χ3n) is 5.68. The molecule has 1 aliphatic carbocycles. The summed E-state index contributed by atoms with van der Waals surface area (Å²) in [6.45, 7) is 6.37. The molecular weight excluding hydrogens is 362 g/mol. The SMILES string of the molecule is CC[C@@H](C)NC(=O)CN1CCN(S(=O)(=O)c2ccc3c(c2)CCCC3)CC1. The van der Waals surface area contributed by atoms with Gasteiger partial charge in [-0.2, -0.15) is 4.31 Å². The molecule has 0 unspecified atom stereocenters. The Morgan fingerprint density at radius 2 is 1.78 bits per heavy atom. The van der Waals surface area contributed by atoms with E-state index in [-0.39, 0.29) is 11.9 Å². The third kappa shape index (κ3) is 4.89. The number of amides is 1. The highest BCUT2D eigenvalue weighted by atomic mass is 32.2. The quantitative estimate of drug-likeness (QED) is 0.800. The van der Waals surface area contributed by atoms with Crippen molar-refractivity contribution in [2.45, 2.75) is 56.9 Å². The molecule has 0 bridgehead atoms. The lowest BCUT2D eigenvalue weighted by Crippen LogP contribution is -2.51. The monoisotopic (exact) mass is 393 g/mol. The molecule has 1 N–H and O–H groups in total. The number of benzene rings is 1. The zero-order valence-electron chi connectivity index (χ0n) is 16.4. The van der Waals surface area contributed by atoms with Gasteiger partial charge >= 0.3 is 0 Å². The van der Waals surface area contributed by atoms with Gasteiger partial charge in [-0.3, -0.25) is 9.69 Å². The van der Waals surface area contributed by atoms with Gasteiger partial charge in [-0.25, -0.2) is 8.42 Å². The number of piperazine rings is 1. The van der Waals surface area contributed by atoms with Crippen molar-refractivity contribution in [1.29, 1.82) is 0 Å². The number of nitrogens with zero attached hydrogens (tertiary/aromatic N) is 2. The van der Waals surface area contributed by atoms with Crippen LogP contribution >= 0.6 is 0 Å². The van der Waals surface area contributed by atoms with Crippen molar-refractivity contribution >= 4 is 15.9 Å². The minimum atomic E-state index is -3.46. The number of sulfonamides is 1. The lowest BCUT2D eigenvalue weighted by atomic mass is 9.92. The molecule has 7 heteroatoms. The van der Waals surface area contributed by atoms with Crippen LogP contribution in [0.5, 0.6) is 0 Å². The topological polar surface area (TPSA) is 69.7 Å². The van der Waals surface area contributed by atoms with Gasteiger partial charge in [-0.05, 0) is 62.3 Å². The summed E-state index contributed by atoms with van der Waals surface area (Å²) >= 11 is 0. The minimum Gasteiger partial charge on any atom is -0.353 e. The molecule has 2 aliphatic rings. The highest BCUT2D eigenvalue weighted by Gasteiger charge is 2.29. The first kappa shape index (κ1) is 20.3. The molecule has 1 aromatic rings. The van der Waals surface area contributed by atoms with Crippen molar-refractivity contribution in [3.8, 4) is 0 Å². The summed E-state index contributed by atoms with van der Waals surface area (Å²) in [5.41, 5.74) is 2.47. The molecule has 1 heterocycles. The Balaban J connectivity index is 1.59. The summed E-state index contributed by atoms with van der Waals surface area (Å²) < 4.78 is 27.6. The van der Waals surface area contributed by atoms with Crippen LogP contribution in [0.3, 0.4) is 0 Å². The van der Waals surface area contributed by atoms with Crippen LogP contribution < -0.4 is 5.32 Å². The predicted molar refractivity (Wildman–Crippen MR) is 106 cm³/mol. The van der Waals surface area contributed by atoms with Crippen LogP contribution in [0.25, 0.3) is 0 Å². The van der Waals surface area contributed by atoms with Crippen LogP contribution in [0, 0.1) is 0 Å². The third-order valence-corrected chi connectivity index (χ3v) is 7.57. The Bertz CT molecular complexity index is 771. The van der Waals surface area contributed by atoms with E-state index in [1.54, 1.807) is 10.4 Å². The Kier molecular flexibility index (Phi) is 6.55. The zero-order valence-corrected chi connectivity index (χ0v) is 17.2. The van der Waals surface area contributed by atoms with Crippen LogP contribution in [0.2, 0.25) is 0 Å². The summed E-state index contributed by atoms with van der Waals surface area (Å²) in [5, 5.41) is 2.96. The summed E-state index contributed by atoms with van der Waals surface area (Å²) in [6.07, 6.45) is 5.24. The molecule has 6 nitrogen and oxygen atoms in total. The number of hydrogen-bond acceptors (Lipinski definition) is 4.